The number of ether oxygens (including phenoxy) is 1. The maximum absolute atomic E-state index is 6.22. The van der Waals surface area contributed by atoms with E-state index < -0.39 is 0 Å². The molecular formula is C14H14BrClN2O. The second kappa shape index (κ2) is 6.89. The number of halogens is 2. The highest BCUT2D eigenvalue weighted by molar-refractivity contribution is 9.10. The summed E-state index contributed by atoms with van der Waals surface area (Å²) in [6, 6.07) is 7.50. The van der Waals surface area contributed by atoms with Gasteiger partial charge in [-0.2, -0.15) is 0 Å². The average molecular weight is 342 g/mol. The average Bonchev–Trinajstić information content (AvgIpc) is 2.38. The van der Waals surface area contributed by atoms with Crippen molar-refractivity contribution in [2.24, 2.45) is 0 Å². The first-order valence-corrected chi connectivity index (χ1v) is 7.14. The molecule has 0 atom stereocenters. The van der Waals surface area contributed by atoms with E-state index in [0.29, 0.717) is 17.3 Å². The molecule has 0 bridgehead atoms. The Morgan fingerprint density at radius 1 is 1.37 bits per heavy atom. The third-order valence-corrected chi connectivity index (χ3v) is 3.32. The van der Waals surface area contributed by atoms with Gasteiger partial charge in [0.1, 0.15) is 11.5 Å². The van der Waals surface area contributed by atoms with Gasteiger partial charge in [0, 0.05) is 27.8 Å². The van der Waals surface area contributed by atoms with Crippen molar-refractivity contribution >= 4 is 27.5 Å². The Morgan fingerprint density at radius 3 is 2.95 bits per heavy atom. The first kappa shape index (κ1) is 14.3. The van der Waals surface area contributed by atoms with Crippen LogP contribution in [0.3, 0.4) is 0 Å². The molecule has 0 spiro atoms. The van der Waals surface area contributed by atoms with Crippen LogP contribution >= 0.6 is 27.5 Å². The fourth-order valence-corrected chi connectivity index (χ4v) is 2.21. The molecule has 2 aromatic rings. The van der Waals surface area contributed by atoms with E-state index in [9.17, 15) is 0 Å². The predicted octanol–water partition coefficient (Wildman–Crippen LogP) is 4.40. The second-order valence-corrected chi connectivity index (χ2v) is 5.26. The number of aromatic nitrogens is 1. The van der Waals surface area contributed by atoms with Gasteiger partial charge >= 0.3 is 0 Å². The SMILES string of the molecule is CCNCc1c(Cl)cccc1Oc1cncc(Br)c1. The van der Waals surface area contributed by atoms with E-state index in [4.69, 9.17) is 16.3 Å². The van der Waals surface area contributed by atoms with Crippen LogP contribution in [0, 0.1) is 0 Å². The number of hydrogen-bond acceptors (Lipinski definition) is 3. The monoisotopic (exact) mass is 340 g/mol. The Bertz CT molecular complexity index is 563. The lowest BCUT2D eigenvalue weighted by molar-refractivity contribution is 0.471. The van der Waals surface area contributed by atoms with E-state index in [2.05, 4.69) is 33.2 Å². The zero-order chi connectivity index (χ0) is 13.7. The van der Waals surface area contributed by atoms with Crippen molar-refractivity contribution in [2.75, 3.05) is 6.54 Å². The molecule has 3 nitrogen and oxygen atoms in total. The largest absolute Gasteiger partial charge is 0.455 e. The summed E-state index contributed by atoms with van der Waals surface area (Å²) in [6.07, 6.45) is 3.38. The van der Waals surface area contributed by atoms with E-state index in [0.717, 1.165) is 22.3 Å². The summed E-state index contributed by atoms with van der Waals surface area (Å²) in [5.41, 5.74) is 0.950. The molecule has 100 valence electrons. The molecule has 19 heavy (non-hydrogen) atoms. The van der Waals surface area contributed by atoms with Crippen LogP contribution in [0.5, 0.6) is 11.5 Å². The van der Waals surface area contributed by atoms with Gasteiger partial charge in [0.25, 0.3) is 0 Å². The van der Waals surface area contributed by atoms with Crippen molar-refractivity contribution in [3.8, 4) is 11.5 Å². The van der Waals surface area contributed by atoms with Gasteiger partial charge in [-0.1, -0.05) is 24.6 Å². The van der Waals surface area contributed by atoms with Crippen molar-refractivity contribution in [3.05, 3.63) is 51.7 Å². The van der Waals surface area contributed by atoms with Crippen LogP contribution < -0.4 is 10.1 Å². The molecular weight excluding hydrogens is 328 g/mol. The summed E-state index contributed by atoms with van der Waals surface area (Å²) < 4.78 is 6.73. The number of nitrogens with one attached hydrogen (secondary N) is 1. The quantitative estimate of drug-likeness (QED) is 0.875. The molecule has 0 saturated carbocycles. The highest BCUT2D eigenvalue weighted by Crippen LogP contribution is 2.30. The topological polar surface area (TPSA) is 34.1 Å². The van der Waals surface area contributed by atoms with Crippen molar-refractivity contribution < 1.29 is 4.74 Å². The van der Waals surface area contributed by atoms with Gasteiger partial charge in [-0.3, -0.25) is 4.98 Å². The number of benzene rings is 1. The van der Waals surface area contributed by atoms with Crippen molar-refractivity contribution in [2.45, 2.75) is 13.5 Å². The highest BCUT2D eigenvalue weighted by atomic mass is 79.9. The minimum Gasteiger partial charge on any atom is -0.455 e. The van der Waals surface area contributed by atoms with Crippen LogP contribution in [0.25, 0.3) is 0 Å². The van der Waals surface area contributed by atoms with Crippen molar-refractivity contribution in [1.82, 2.24) is 10.3 Å². The van der Waals surface area contributed by atoms with Crippen LogP contribution in [-0.2, 0) is 6.54 Å². The molecule has 1 heterocycles. The zero-order valence-corrected chi connectivity index (χ0v) is 12.8. The summed E-state index contributed by atoms with van der Waals surface area (Å²) in [5, 5.41) is 3.95. The Balaban J connectivity index is 2.26. The molecule has 5 heteroatoms. The van der Waals surface area contributed by atoms with E-state index in [1.807, 2.05) is 24.3 Å². The molecule has 0 aliphatic rings. The highest BCUT2D eigenvalue weighted by Gasteiger charge is 2.09. The summed E-state index contributed by atoms with van der Waals surface area (Å²) in [6.45, 7) is 3.60. The fraction of sp³-hybridized carbons (Fsp3) is 0.214. The zero-order valence-electron chi connectivity index (χ0n) is 10.5. The maximum atomic E-state index is 6.22. The number of nitrogens with zero attached hydrogens (tertiary/aromatic N) is 1. The molecule has 0 amide bonds. The van der Waals surface area contributed by atoms with Crippen molar-refractivity contribution in [1.29, 1.82) is 0 Å². The molecule has 1 aromatic carbocycles. The molecule has 0 saturated heterocycles. The molecule has 0 aliphatic carbocycles. The Hall–Kier alpha value is -1.10. The van der Waals surface area contributed by atoms with Crippen LogP contribution in [0.4, 0.5) is 0 Å². The number of rotatable bonds is 5. The van der Waals surface area contributed by atoms with E-state index in [-0.39, 0.29) is 0 Å². The summed E-state index contributed by atoms with van der Waals surface area (Å²) in [7, 11) is 0. The Morgan fingerprint density at radius 2 is 2.21 bits per heavy atom. The second-order valence-electron chi connectivity index (χ2n) is 3.94. The third kappa shape index (κ3) is 3.93. The molecule has 1 aromatic heterocycles. The van der Waals surface area contributed by atoms with Gasteiger partial charge in [0.15, 0.2) is 0 Å². The summed E-state index contributed by atoms with van der Waals surface area (Å²) in [4.78, 5) is 4.07. The van der Waals surface area contributed by atoms with Crippen LogP contribution in [0.1, 0.15) is 12.5 Å². The Kier molecular flexibility index (Phi) is 5.19. The molecule has 0 aliphatic heterocycles. The van der Waals surface area contributed by atoms with E-state index >= 15 is 0 Å². The van der Waals surface area contributed by atoms with Crippen LogP contribution in [-0.4, -0.2) is 11.5 Å². The van der Waals surface area contributed by atoms with Crippen molar-refractivity contribution in [3.63, 3.8) is 0 Å². The number of hydrogen-bond donors (Lipinski definition) is 1. The first-order valence-electron chi connectivity index (χ1n) is 5.97. The normalized spacial score (nSPS) is 10.5. The maximum Gasteiger partial charge on any atom is 0.146 e. The summed E-state index contributed by atoms with van der Waals surface area (Å²) in [5.74, 6) is 1.42. The molecule has 2 rings (SSSR count). The fourth-order valence-electron chi connectivity index (χ4n) is 1.63. The van der Waals surface area contributed by atoms with Gasteiger partial charge in [0.05, 0.1) is 6.20 Å². The standard InChI is InChI=1S/C14H14BrClN2O/c1-2-17-9-12-13(16)4-3-5-14(12)19-11-6-10(15)7-18-8-11/h3-8,17H,2,9H2,1H3. The minimum atomic E-state index is 0.674. The third-order valence-electron chi connectivity index (χ3n) is 2.54. The lowest BCUT2D eigenvalue weighted by atomic mass is 10.2. The van der Waals surface area contributed by atoms with E-state index in [1.54, 1.807) is 12.4 Å². The molecule has 1 N–H and O–H groups in total. The lowest BCUT2D eigenvalue weighted by Crippen LogP contribution is -2.12. The van der Waals surface area contributed by atoms with Crippen LogP contribution in [0.2, 0.25) is 5.02 Å². The summed E-state index contributed by atoms with van der Waals surface area (Å²) >= 11 is 9.59. The minimum absolute atomic E-state index is 0.674. The smallest absolute Gasteiger partial charge is 0.146 e. The van der Waals surface area contributed by atoms with Crippen LogP contribution in [0.15, 0.2) is 41.1 Å². The van der Waals surface area contributed by atoms with Gasteiger partial charge in [0.2, 0.25) is 0 Å². The van der Waals surface area contributed by atoms with Gasteiger partial charge in [-0.25, -0.2) is 0 Å². The van der Waals surface area contributed by atoms with Gasteiger partial charge < -0.3 is 10.1 Å². The van der Waals surface area contributed by atoms with Gasteiger partial charge in [-0.15, -0.1) is 0 Å². The predicted molar refractivity (Wildman–Crippen MR) is 80.8 cm³/mol. The lowest BCUT2D eigenvalue weighted by Gasteiger charge is -2.13. The van der Waals surface area contributed by atoms with Gasteiger partial charge in [-0.05, 0) is 40.7 Å². The molecule has 0 unspecified atom stereocenters. The molecule has 0 radical (unpaired) electrons. The first-order chi connectivity index (χ1) is 9.20. The Labute approximate surface area is 126 Å². The van der Waals surface area contributed by atoms with E-state index in [1.165, 1.54) is 0 Å². The number of pyridine rings is 1. The molecule has 0 fully saturated rings.